The molecule has 0 radical (unpaired) electrons. The molecule has 0 saturated heterocycles. The van der Waals surface area contributed by atoms with Gasteiger partial charge in [0.2, 0.25) is 11.7 Å². The average molecular weight is 354 g/mol. The number of allylic oxidation sites excluding steroid dienone is 1. The lowest BCUT2D eigenvalue weighted by Gasteiger charge is -2.12. The summed E-state index contributed by atoms with van der Waals surface area (Å²) in [6, 6.07) is 9.38. The maximum absolute atomic E-state index is 11.8. The molecule has 0 aliphatic heterocycles. The van der Waals surface area contributed by atoms with Crippen molar-refractivity contribution in [3.63, 3.8) is 0 Å². The first-order chi connectivity index (χ1) is 12.7. The number of aromatic nitrogens is 2. The molecule has 0 bridgehead atoms. The van der Waals surface area contributed by atoms with Gasteiger partial charge in [0.05, 0.1) is 6.54 Å². The molecule has 7 nitrogen and oxygen atoms in total. The van der Waals surface area contributed by atoms with Gasteiger partial charge in [-0.3, -0.25) is 9.59 Å². The molecule has 7 heteroatoms. The van der Waals surface area contributed by atoms with Gasteiger partial charge in [-0.2, -0.15) is 4.98 Å². The SMILES string of the molecule is O=C(NCCC1=CCCCC1)C(=O)NCc1nc(-c2ccccc2)no1. The number of amides is 2. The molecule has 1 aliphatic rings. The highest BCUT2D eigenvalue weighted by Crippen LogP contribution is 2.19. The van der Waals surface area contributed by atoms with Gasteiger partial charge in [-0.15, -0.1) is 0 Å². The van der Waals surface area contributed by atoms with E-state index in [2.05, 4.69) is 26.9 Å². The van der Waals surface area contributed by atoms with Crippen molar-refractivity contribution in [3.05, 3.63) is 47.9 Å². The van der Waals surface area contributed by atoms with E-state index in [-0.39, 0.29) is 12.4 Å². The molecule has 1 aromatic carbocycles. The fraction of sp³-hybridized carbons (Fsp3) is 0.368. The summed E-state index contributed by atoms with van der Waals surface area (Å²) in [6.45, 7) is 0.480. The fourth-order valence-corrected chi connectivity index (χ4v) is 2.82. The quantitative estimate of drug-likeness (QED) is 0.613. The van der Waals surface area contributed by atoms with E-state index in [0.29, 0.717) is 12.4 Å². The lowest BCUT2D eigenvalue weighted by atomic mass is 9.97. The Hall–Kier alpha value is -2.96. The number of nitrogens with one attached hydrogen (secondary N) is 2. The highest BCUT2D eigenvalue weighted by Gasteiger charge is 2.15. The monoisotopic (exact) mass is 354 g/mol. The lowest BCUT2D eigenvalue weighted by molar-refractivity contribution is -0.139. The van der Waals surface area contributed by atoms with E-state index < -0.39 is 11.8 Å². The molecule has 26 heavy (non-hydrogen) atoms. The third-order valence-corrected chi connectivity index (χ3v) is 4.22. The Labute approximate surface area is 151 Å². The van der Waals surface area contributed by atoms with Gasteiger partial charge >= 0.3 is 11.8 Å². The minimum absolute atomic E-state index is 0.0112. The van der Waals surface area contributed by atoms with E-state index in [1.165, 1.54) is 18.4 Å². The number of hydrogen-bond acceptors (Lipinski definition) is 5. The predicted molar refractivity (Wildman–Crippen MR) is 95.8 cm³/mol. The molecule has 0 atom stereocenters. The van der Waals surface area contributed by atoms with Gasteiger partial charge in [0.15, 0.2) is 0 Å². The van der Waals surface area contributed by atoms with Crippen LogP contribution in [0.3, 0.4) is 0 Å². The lowest BCUT2D eigenvalue weighted by Crippen LogP contribution is -2.40. The minimum Gasteiger partial charge on any atom is -0.348 e. The van der Waals surface area contributed by atoms with Crippen LogP contribution in [0.25, 0.3) is 11.4 Å². The van der Waals surface area contributed by atoms with E-state index in [0.717, 1.165) is 24.8 Å². The Balaban J connectivity index is 1.41. The highest BCUT2D eigenvalue weighted by atomic mass is 16.5. The number of benzene rings is 1. The van der Waals surface area contributed by atoms with Crippen molar-refractivity contribution in [2.75, 3.05) is 6.54 Å². The first-order valence-corrected chi connectivity index (χ1v) is 8.84. The third kappa shape index (κ3) is 5.02. The predicted octanol–water partition coefficient (Wildman–Crippen LogP) is 2.36. The van der Waals surface area contributed by atoms with Crippen molar-refractivity contribution in [2.45, 2.75) is 38.6 Å². The molecule has 0 saturated carbocycles. The Morgan fingerprint density at radius 2 is 1.88 bits per heavy atom. The molecule has 2 N–H and O–H groups in total. The zero-order valence-electron chi connectivity index (χ0n) is 14.5. The Morgan fingerprint density at radius 1 is 1.08 bits per heavy atom. The summed E-state index contributed by atoms with van der Waals surface area (Å²) in [4.78, 5) is 27.9. The van der Waals surface area contributed by atoms with Gasteiger partial charge in [0.1, 0.15) is 0 Å². The number of nitrogens with zero attached hydrogens (tertiary/aromatic N) is 2. The molecule has 1 heterocycles. The maximum atomic E-state index is 11.8. The smallest absolute Gasteiger partial charge is 0.309 e. The molecule has 1 aliphatic carbocycles. The zero-order valence-corrected chi connectivity index (χ0v) is 14.5. The summed E-state index contributed by atoms with van der Waals surface area (Å²) in [5.41, 5.74) is 2.18. The Bertz CT molecular complexity index is 783. The molecule has 3 rings (SSSR count). The van der Waals surface area contributed by atoms with Gasteiger partial charge in [0, 0.05) is 12.1 Å². The number of hydrogen-bond donors (Lipinski definition) is 2. The van der Waals surface area contributed by atoms with Gasteiger partial charge in [-0.1, -0.05) is 47.1 Å². The standard InChI is InChI=1S/C19H22N4O3/c24-18(20-12-11-14-7-3-1-4-8-14)19(25)21-13-16-22-17(23-26-16)15-9-5-2-6-10-15/h2,5-7,9-10H,1,3-4,8,11-13H2,(H,20,24)(H,21,25). The van der Waals surface area contributed by atoms with Gasteiger partial charge in [0.25, 0.3) is 0 Å². The normalized spacial score (nSPS) is 13.8. The van der Waals surface area contributed by atoms with E-state index in [1.54, 1.807) is 0 Å². The van der Waals surface area contributed by atoms with Crippen LogP contribution < -0.4 is 10.6 Å². The van der Waals surface area contributed by atoms with Crippen molar-refractivity contribution in [1.29, 1.82) is 0 Å². The van der Waals surface area contributed by atoms with Crippen LogP contribution in [0.1, 0.15) is 38.0 Å². The largest absolute Gasteiger partial charge is 0.348 e. The molecule has 1 aromatic heterocycles. The third-order valence-electron chi connectivity index (χ3n) is 4.22. The van der Waals surface area contributed by atoms with Crippen molar-refractivity contribution in [3.8, 4) is 11.4 Å². The fourth-order valence-electron chi connectivity index (χ4n) is 2.82. The van der Waals surface area contributed by atoms with Crippen molar-refractivity contribution >= 4 is 11.8 Å². The van der Waals surface area contributed by atoms with E-state index in [4.69, 9.17) is 4.52 Å². The summed E-state index contributed by atoms with van der Waals surface area (Å²) in [5.74, 6) is -0.663. The second-order valence-electron chi connectivity index (χ2n) is 6.17. The van der Waals surface area contributed by atoms with Crippen LogP contribution in [0.4, 0.5) is 0 Å². The molecule has 0 spiro atoms. The summed E-state index contributed by atoms with van der Waals surface area (Å²) >= 11 is 0. The maximum Gasteiger partial charge on any atom is 0.309 e. The molecule has 2 amide bonds. The zero-order chi connectivity index (χ0) is 18.2. The van der Waals surface area contributed by atoms with Crippen molar-refractivity contribution in [2.24, 2.45) is 0 Å². The van der Waals surface area contributed by atoms with E-state index >= 15 is 0 Å². The van der Waals surface area contributed by atoms with E-state index in [9.17, 15) is 9.59 Å². The Morgan fingerprint density at radius 3 is 2.65 bits per heavy atom. The summed E-state index contributed by atoms with van der Waals surface area (Å²) < 4.78 is 5.09. The van der Waals surface area contributed by atoms with Crippen LogP contribution in [0, 0.1) is 0 Å². The van der Waals surface area contributed by atoms with Crippen LogP contribution in [0.5, 0.6) is 0 Å². The second-order valence-corrected chi connectivity index (χ2v) is 6.17. The number of carbonyl (C=O) groups is 2. The Kier molecular flexibility index (Phi) is 6.14. The molecular weight excluding hydrogens is 332 g/mol. The molecule has 0 unspecified atom stereocenters. The van der Waals surface area contributed by atoms with Gasteiger partial charge in [-0.05, 0) is 32.1 Å². The van der Waals surface area contributed by atoms with Crippen LogP contribution in [0.15, 0.2) is 46.5 Å². The minimum atomic E-state index is -0.706. The summed E-state index contributed by atoms with van der Waals surface area (Å²) in [5, 5.41) is 9.00. The molecule has 0 fully saturated rings. The number of carbonyl (C=O) groups excluding carboxylic acids is 2. The first-order valence-electron chi connectivity index (χ1n) is 8.84. The summed E-state index contributed by atoms with van der Waals surface area (Å²) in [7, 11) is 0. The van der Waals surface area contributed by atoms with Crippen LogP contribution in [-0.4, -0.2) is 28.5 Å². The second kappa shape index (κ2) is 8.94. The topological polar surface area (TPSA) is 97.1 Å². The molecule has 136 valence electrons. The van der Waals surface area contributed by atoms with Crippen molar-refractivity contribution < 1.29 is 14.1 Å². The molecular formula is C19H22N4O3. The van der Waals surface area contributed by atoms with Crippen molar-refractivity contribution in [1.82, 2.24) is 20.8 Å². The number of rotatable bonds is 6. The molecule has 2 aromatic rings. The summed E-state index contributed by atoms with van der Waals surface area (Å²) in [6.07, 6.45) is 7.66. The van der Waals surface area contributed by atoms with Crippen LogP contribution in [-0.2, 0) is 16.1 Å². The van der Waals surface area contributed by atoms with E-state index in [1.807, 2.05) is 30.3 Å². The van der Waals surface area contributed by atoms with Gasteiger partial charge in [-0.25, -0.2) is 0 Å². The first kappa shape index (κ1) is 17.8. The average Bonchev–Trinajstić information content (AvgIpc) is 3.16. The van der Waals surface area contributed by atoms with Crippen LogP contribution in [0.2, 0.25) is 0 Å². The van der Waals surface area contributed by atoms with Crippen LogP contribution >= 0.6 is 0 Å². The highest BCUT2D eigenvalue weighted by molar-refractivity contribution is 6.35. The van der Waals surface area contributed by atoms with Gasteiger partial charge < -0.3 is 15.2 Å².